The van der Waals surface area contributed by atoms with Gasteiger partial charge in [-0.25, -0.2) is 4.98 Å². The number of aromatic nitrogens is 1. The van der Waals surface area contributed by atoms with Crippen molar-refractivity contribution in [1.82, 2.24) is 4.98 Å². The Labute approximate surface area is 107 Å². The molecular formula is C12H20N4O2. The van der Waals surface area contributed by atoms with Crippen molar-refractivity contribution in [3.63, 3.8) is 0 Å². The van der Waals surface area contributed by atoms with Gasteiger partial charge < -0.3 is 20.9 Å². The molecule has 0 atom stereocenters. The molecule has 0 saturated heterocycles. The Morgan fingerprint density at radius 3 is 2.78 bits per heavy atom. The van der Waals surface area contributed by atoms with E-state index < -0.39 is 0 Å². The van der Waals surface area contributed by atoms with Crippen molar-refractivity contribution < 1.29 is 10.3 Å². The molecule has 18 heavy (non-hydrogen) atoms. The van der Waals surface area contributed by atoms with Crippen LogP contribution >= 0.6 is 0 Å². The maximum atomic E-state index is 8.87. The first-order chi connectivity index (χ1) is 8.62. The van der Waals surface area contributed by atoms with Gasteiger partial charge in [0.15, 0.2) is 5.84 Å². The summed E-state index contributed by atoms with van der Waals surface area (Å²) in [5, 5.41) is 20.6. The molecule has 0 aliphatic carbocycles. The van der Waals surface area contributed by atoms with Crippen LogP contribution < -0.4 is 10.6 Å². The minimum absolute atomic E-state index is 0.0694. The lowest BCUT2D eigenvalue weighted by molar-refractivity contribution is 0.289. The lowest BCUT2D eigenvalue weighted by atomic mass is 10.2. The molecule has 0 amide bonds. The minimum Gasteiger partial charge on any atom is -0.409 e. The number of amidine groups is 1. The maximum absolute atomic E-state index is 8.87. The third kappa shape index (κ3) is 3.59. The van der Waals surface area contributed by atoms with Gasteiger partial charge in [0.25, 0.3) is 0 Å². The third-order valence-corrected chi connectivity index (χ3v) is 2.64. The molecule has 100 valence electrons. The topological polar surface area (TPSA) is 95.0 Å². The average molecular weight is 252 g/mol. The van der Waals surface area contributed by atoms with Crippen LogP contribution in [0.15, 0.2) is 17.3 Å². The van der Waals surface area contributed by atoms with Gasteiger partial charge in [0.05, 0.1) is 0 Å². The largest absolute Gasteiger partial charge is 0.409 e. The molecule has 0 saturated carbocycles. The SMILES string of the molecule is CCN(CCCO)c1cc(/C(N)=N/O)cc(C)n1. The zero-order valence-electron chi connectivity index (χ0n) is 10.8. The van der Waals surface area contributed by atoms with Gasteiger partial charge in [-0.3, -0.25) is 0 Å². The zero-order valence-corrected chi connectivity index (χ0v) is 10.8. The van der Waals surface area contributed by atoms with E-state index in [2.05, 4.69) is 10.1 Å². The molecule has 0 radical (unpaired) electrons. The van der Waals surface area contributed by atoms with Gasteiger partial charge in [-0.05, 0) is 32.4 Å². The highest BCUT2D eigenvalue weighted by molar-refractivity contribution is 5.97. The number of aliphatic hydroxyl groups is 1. The van der Waals surface area contributed by atoms with E-state index in [-0.39, 0.29) is 12.4 Å². The van der Waals surface area contributed by atoms with Crippen molar-refractivity contribution in [3.8, 4) is 0 Å². The summed E-state index contributed by atoms with van der Waals surface area (Å²) in [5.74, 6) is 0.840. The molecule has 0 unspecified atom stereocenters. The number of hydrogen-bond acceptors (Lipinski definition) is 5. The van der Waals surface area contributed by atoms with E-state index in [4.69, 9.17) is 16.0 Å². The van der Waals surface area contributed by atoms with E-state index >= 15 is 0 Å². The fourth-order valence-electron chi connectivity index (χ4n) is 1.71. The van der Waals surface area contributed by atoms with Crippen LogP contribution in [0.4, 0.5) is 5.82 Å². The van der Waals surface area contributed by atoms with Crippen LogP contribution in [-0.4, -0.2) is 40.8 Å². The highest BCUT2D eigenvalue weighted by Gasteiger charge is 2.09. The Morgan fingerprint density at radius 2 is 2.22 bits per heavy atom. The number of oxime groups is 1. The quantitative estimate of drug-likeness (QED) is 0.300. The number of aliphatic hydroxyl groups excluding tert-OH is 1. The summed E-state index contributed by atoms with van der Waals surface area (Å²) >= 11 is 0. The lowest BCUT2D eigenvalue weighted by Crippen LogP contribution is -2.26. The average Bonchev–Trinajstić information content (AvgIpc) is 2.38. The van der Waals surface area contributed by atoms with Crippen LogP contribution in [0.2, 0.25) is 0 Å². The second kappa shape index (κ2) is 6.80. The smallest absolute Gasteiger partial charge is 0.170 e. The van der Waals surface area contributed by atoms with Gasteiger partial charge in [0, 0.05) is 31.0 Å². The van der Waals surface area contributed by atoms with Gasteiger partial charge >= 0.3 is 0 Å². The highest BCUT2D eigenvalue weighted by atomic mass is 16.4. The number of nitrogens with zero attached hydrogens (tertiary/aromatic N) is 3. The predicted octanol–water partition coefficient (Wildman–Crippen LogP) is 0.693. The van der Waals surface area contributed by atoms with E-state index in [0.29, 0.717) is 12.0 Å². The molecular weight excluding hydrogens is 232 g/mol. The first-order valence-electron chi connectivity index (χ1n) is 5.94. The van der Waals surface area contributed by atoms with Gasteiger partial charge in [0.1, 0.15) is 5.82 Å². The maximum Gasteiger partial charge on any atom is 0.170 e. The standard InChI is InChI=1S/C12H20N4O2/c1-3-16(5-4-6-17)11-8-10(12(13)15-18)7-9(2)14-11/h7-8,17-18H,3-6H2,1-2H3,(H2,13,15). The van der Waals surface area contributed by atoms with Crippen molar-refractivity contribution in [1.29, 1.82) is 0 Å². The van der Waals surface area contributed by atoms with Crippen molar-refractivity contribution in [2.45, 2.75) is 20.3 Å². The van der Waals surface area contributed by atoms with Crippen molar-refractivity contribution in [2.24, 2.45) is 10.9 Å². The molecule has 0 aliphatic heterocycles. The van der Waals surface area contributed by atoms with Crippen LogP contribution in [0.25, 0.3) is 0 Å². The molecule has 0 aromatic carbocycles. The molecule has 0 bridgehead atoms. The van der Waals surface area contributed by atoms with Crippen LogP contribution in [-0.2, 0) is 0 Å². The number of rotatable bonds is 6. The Hall–Kier alpha value is -1.82. The normalized spacial score (nSPS) is 11.6. The molecule has 1 aromatic rings. The van der Waals surface area contributed by atoms with E-state index in [9.17, 15) is 0 Å². The fraction of sp³-hybridized carbons (Fsp3) is 0.500. The lowest BCUT2D eigenvalue weighted by Gasteiger charge is -2.22. The van der Waals surface area contributed by atoms with Crippen molar-refractivity contribution in [2.75, 3.05) is 24.6 Å². The van der Waals surface area contributed by atoms with Gasteiger partial charge in [0.2, 0.25) is 0 Å². The zero-order chi connectivity index (χ0) is 13.5. The van der Waals surface area contributed by atoms with E-state index in [1.165, 1.54) is 0 Å². The van der Waals surface area contributed by atoms with E-state index in [0.717, 1.165) is 24.6 Å². The Balaban J connectivity index is 3.03. The Morgan fingerprint density at radius 1 is 1.50 bits per heavy atom. The van der Waals surface area contributed by atoms with E-state index in [1.807, 2.05) is 18.7 Å². The molecule has 1 rings (SSSR count). The summed E-state index contributed by atoms with van der Waals surface area (Å²) in [6, 6.07) is 3.54. The molecule has 1 heterocycles. The van der Waals surface area contributed by atoms with Crippen LogP contribution in [0.1, 0.15) is 24.6 Å². The van der Waals surface area contributed by atoms with Gasteiger partial charge in [-0.1, -0.05) is 5.16 Å². The summed E-state index contributed by atoms with van der Waals surface area (Å²) < 4.78 is 0. The summed E-state index contributed by atoms with van der Waals surface area (Å²) in [4.78, 5) is 6.47. The molecule has 0 fully saturated rings. The van der Waals surface area contributed by atoms with Crippen LogP contribution in [0.3, 0.4) is 0 Å². The van der Waals surface area contributed by atoms with Crippen LogP contribution in [0, 0.1) is 6.92 Å². The Kier molecular flexibility index (Phi) is 5.38. The highest BCUT2D eigenvalue weighted by Crippen LogP contribution is 2.15. The molecule has 0 spiro atoms. The second-order valence-electron chi connectivity index (χ2n) is 4.00. The first kappa shape index (κ1) is 14.2. The fourth-order valence-corrected chi connectivity index (χ4v) is 1.71. The second-order valence-corrected chi connectivity index (χ2v) is 4.00. The number of aryl methyl sites for hydroxylation is 1. The molecule has 6 nitrogen and oxygen atoms in total. The summed E-state index contributed by atoms with van der Waals surface area (Å²) in [6.45, 7) is 5.53. The monoisotopic (exact) mass is 252 g/mol. The molecule has 0 aliphatic rings. The predicted molar refractivity (Wildman–Crippen MR) is 71.1 cm³/mol. The summed E-state index contributed by atoms with van der Waals surface area (Å²) in [5.41, 5.74) is 7.03. The number of nitrogens with two attached hydrogens (primary N) is 1. The summed E-state index contributed by atoms with van der Waals surface area (Å²) in [6.07, 6.45) is 0.683. The van der Waals surface area contributed by atoms with Crippen molar-refractivity contribution in [3.05, 3.63) is 23.4 Å². The molecule has 1 aromatic heterocycles. The number of pyridine rings is 1. The third-order valence-electron chi connectivity index (χ3n) is 2.64. The number of anilines is 1. The molecule has 4 N–H and O–H groups in total. The summed E-state index contributed by atoms with van der Waals surface area (Å²) in [7, 11) is 0. The number of hydrogen-bond donors (Lipinski definition) is 3. The minimum atomic E-state index is 0.0694. The molecule has 6 heteroatoms. The van der Waals surface area contributed by atoms with Gasteiger partial charge in [-0.2, -0.15) is 0 Å². The van der Waals surface area contributed by atoms with Crippen LogP contribution in [0.5, 0.6) is 0 Å². The van der Waals surface area contributed by atoms with Crippen molar-refractivity contribution >= 4 is 11.7 Å². The first-order valence-corrected chi connectivity index (χ1v) is 5.94. The Bertz CT molecular complexity index is 421. The van der Waals surface area contributed by atoms with Gasteiger partial charge in [-0.15, -0.1) is 0 Å². The van der Waals surface area contributed by atoms with E-state index in [1.54, 1.807) is 12.1 Å².